The maximum absolute atomic E-state index is 13.2. The van der Waals surface area contributed by atoms with Crippen molar-refractivity contribution in [1.29, 1.82) is 0 Å². The van der Waals surface area contributed by atoms with Gasteiger partial charge in [-0.1, -0.05) is 24.5 Å². The van der Waals surface area contributed by atoms with Gasteiger partial charge in [0.15, 0.2) is 0 Å². The number of fused-ring (bicyclic) bond motifs is 1. The van der Waals surface area contributed by atoms with Crippen molar-refractivity contribution in [2.24, 2.45) is 5.92 Å². The van der Waals surface area contributed by atoms with E-state index in [0.717, 1.165) is 12.1 Å². The number of nitrogens with zero attached hydrogens (tertiary/aromatic N) is 7. The summed E-state index contributed by atoms with van der Waals surface area (Å²) in [5.74, 6) is 0.338. The summed E-state index contributed by atoms with van der Waals surface area (Å²) < 4.78 is 17.8. The molecule has 1 aliphatic rings. The van der Waals surface area contributed by atoms with Crippen LogP contribution in [0.25, 0.3) is 16.8 Å². The molecule has 0 aliphatic heterocycles. The van der Waals surface area contributed by atoms with Crippen molar-refractivity contribution in [3.05, 3.63) is 64.7 Å². The molecule has 0 radical (unpaired) electrons. The molecular formula is C21H22FN7O. The molecule has 0 N–H and O–H groups in total. The molecule has 0 bridgehead atoms. The van der Waals surface area contributed by atoms with E-state index in [1.54, 1.807) is 18.2 Å². The van der Waals surface area contributed by atoms with Crippen LogP contribution in [0, 0.1) is 11.7 Å². The van der Waals surface area contributed by atoms with E-state index in [1.165, 1.54) is 59.8 Å². The molecule has 8 nitrogen and oxygen atoms in total. The van der Waals surface area contributed by atoms with Crippen LogP contribution in [0.1, 0.15) is 37.8 Å². The number of rotatable bonds is 5. The van der Waals surface area contributed by atoms with Crippen LogP contribution >= 0.6 is 0 Å². The largest absolute Gasteiger partial charge is 0.293 e. The lowest BCUT2D eigenvalue weighted by molar-refractivity contribution is 0.305. The smallest absolute Gasteiger partial charge is 0.265 e. The Morgan fingerprint density at radius 1 is 1.10 bits per heavy atom. The molecule has 1 aliphatic carbocycles. The molecular weight excluding hydrogens is 385 g/mol. The van der Waals surface area contributed by atoms with Crippen LogP contribution in [-0.4, -0.2) is 34.4 Å². The maximum atomic E-state index is 13.2. The van der Waals surface area contributed by atoms with Gasteiger partial charge in [-0.2, -0.15) is 10.2 Å². The van der Waals surface area contributed by atoms with Crippen LogP contribution in [0.3, 0.4) is 0 Å². The van der Waals surface area contributed by atoms with Gasteiger partial charge in [0.25, 0.3) is 5.56 Å². The molecule has 4 aromatic rings. The van der Waals surface area contributed by atoms with Gasteiger partial charge >= 0.3 is 0 Å². The van der Waals surface area contributed by atoms with Crippen molar-refractivity contribution < 1.29 is 4.39 Å². The second-order valence-corrected chi connectivity index (χ2v) is 7.90. The summed E-state index contributed by atoms with van der Waals surface area (Å²) in [7, 11) is 0. The zero-order chi connectivity index (χ0) is 20.5. The van der Waals surface area contributed by atoms with Crippen molar-refractivity contribution >= 4 is 5.52 Å². The first-order chi connectivity index (χ1) is 14.7. The third kappa shape index (κ3) is 3.74. The van der Waals surface area contributed by atoms with Crippen LogP contribution < -0.4 is 5.56 Å². The second kappa shape index (κ2) is 7.81. The standard InChI is InChI=1S/C21H22FN7O/c22-17-8-6-16(7-9-17)19-10-20-21(30)28(23-14-29(20)25-19)13-18-12-27(26-24-18)11-15-4-2-1-3-5-15/h6-10,12,14-15H,1-5,11,13H2. The molecule has 1 fully saturated rings. The Bertz CT molecular complexity index is 1220. The number of halogens is 1. The lowest BCUT2D eigenvalue weighted by atomic mass is 9.89. The third-order valence-corrected chi connectivity index (χ3v) is 5.70. The zero-order valence-corrected chi connectivity index (χ0v) is 16.5. The van der Waals surface area contributed by atoms with Crippen molar-refractivity contribution in [2.45, 2.75) is 45.2 Å². The van der Waals surface area contributed by atoms with E-state index in [1.807, 2.05) is 10.9 Å². The summed E-state index contributed by atoms with van der Waals surface area (Å²) in [4.78, 5) is 12.9. The molecule has 30 heavy (non-hydrogen) atoms. The van der Waals surface area contributed by atoms with Gasteiger partial charge < -0.3 is 0 Å². The Labute approximate surface area is 172 Å². The van der Waals surface area contributed by atoms with Gasteiger partial charge in [0, 0.05) is 12.1 Å². The van der Waals surface area contributed by atoms with Gasteiger partial charge in [-0.25, -0.2) is 13.6 Å². The topological polar surface area (TPSA) is 82.9 Å². The van der Waals surface area contributed by atoms with Crippen LogP contribution in [0.15, 0.2) is 47.7 Å². The Hall–Kier alpha value is -3.36. The molecule has 0 spiro atoms. The average Bonchev–Trinajstić information content (AvgIpc) is 3.39. The minimum atomic E-state index is -0.317. The monoisotopic (exact) mass is 407 g/mol. The second-order valence-electron chi connectivity index (χ2n) is 7.90. The van der Waals surface area contributed by atoms with Crippen LogP contribution in [0.4, 0.5) is 4.39 Å². The van der Waals surface area contributed by atoms with Gasteiger partial charge in [-0.15, -0.1) is 5.10 Å². The third-order valence-electron chi connectivity index (χ3n) is 5.70. The minimum Gasteiger partial charge on any atom is -0.265 e. The highest BCUT2D eigenvalue weighted by atomic mass is 19.1. The predicted octanol–water partition coefficient (Wildman–Crippen LogP) is 2.92. The van der Waals surface area contributed by atoms with E-state index >= 15 is 0 Å². The first-order valence-electron chi connectivity index (χ1n) is 10.3. The van der Waals surface area contributed by atoms with E-state index in [4.69, 9.17) is 0 Å². The fourth-order valence-electron chi connectivity index (χ4n) is 4.10. The van der Waals surface area contributed by atoms with Gasteiger partial charge in [0.05, 0.1) is 18.4 Å². The van der Waals surface area contributed by atoms with E-state index in [0.29, 0.717) is 22.8 Å². The fourth-order valence-corrected chi connectivity index (χ4v) is 4.10. The lowest BCUT2D eigenvalue weighted by Gasteiger charge is -2.20. The van der Waals surface area contributed by atoms with E-state index in [2.05, 4.69) is 20.5 Å². The summed E-state index contributed by atoms with van der Waals surface area (Å²) >= 11 is 0. The Morgan fingerprint density at radius 2 is 1.90 bits per heavy atom. The summed E-state index contributed by atoms with van der Waals surface area (Å²) in [5, 5.41) is 17.0. The first kappa shape index (κ1) is 18.7. The lowest BCUT2D eigenvalue weighted by Crippen LogP contribution is -2.25. The maximum Gasteiger partial charge on any atom is 0.293 e. The SMILES string of the molecule is O=c1c2cc(-c3ccc(F)cc3)nn2cnn1Cc1cn(CC2CCCCC2)nn1. The molecule has 9 heteroatoms. The van der Waals surface area contributed by atoms with E-state index < -0.39 is 0 Å². The predicted molar refractivity (Wildman–Crippen MR) is 108 cm³/mol. The molecule has 0 amide bonds. The molecule has 5 rings (SSSR count). The van der Waals surface area contributed by atoms with Crippen molar-refractivity contribution in [2.75, 3.05) is 0 Å². The minimum absolute atomic E-state index is 0.247. The number of aromatic nitrogens is 7. The number of benzene rings is 1. The molecule has 0 unspecified atom stereocenters. The molecule has 154 valence electrons. The summed E-state index contributed by atoms with van der Waals surface area (Å²) in [6.45, 7) is 1.12. The van der Waals surface area contributed by atoms with Gasteiger partial charge in [0.1, 0.15) is 23.4 Å². The molecule has 0 atom stereocenters. The highest BCUT2D eigenvalue weighted by Crippen LogP contribution is 2.24. The van der Waals surface area contributed by atoms with Crippen molar-refractivity contribution in [1.82, 2.24) is 34.4 Å². The quantitative estimate of drug-likeness (QED) is 0.508. The van der Waals surface area contributed by atoms with Crippen molar-refractivity contribution in [3.8, 4) is 11.3 Å². The average molecular weight is 407 g/mol. The Morgan fingerprint density at radius 3 is 2.70 bits per heavy atom. The van der Waals surface area contributed by atoms with Crippen LogP contribution in [-0.2, 0) is 13.1 Å². The summed E-state index contributed by atoms with van der Waals surface area (Å²) in [5.41, 5.74) is 2.16. The molecule has 3 aromatic heterocycles. The highest BCUT2D eigenvalue weighted by molar-refractivity contribution is 5.65. The van der Waals surface area contributed by atoms with Crippen molar-refractivity contribution in [3.63, 3.8) is 0 Å². The Balaban J connectivity index is 1.36. The van der Waals surface area contributed by atoms with Gasteiger partial charge in [-0.05, 0) is 49.1 Å². The number of hydrogen-bond acceptors (Lipinski definition) is 5. The van der Waals surface area contributed by atoms with Crippen LogP contribution in [0.2, 0.25) is 0 Å². The fraction of sp³-hybridized carbons (Fsp3) is 0.381. The van der Waals surface area contributed by atoms with Gasteiger partial charge in [-0.3, -0.25) is 9.48 Å². The van der Waals surface area contributed by atoms with E-state index in [9.17, 15) is 9.18 Å². The molecule has 1 saturated carbocycles. The molecule has 0 saturated heterocycles. The highest BCUT2D eigenvalue weighted by Gasteiger charge is 2.16. The Kier molecular flexibility index (Phi) is 4.86. The zero-order valence-electron chi connectivity index (χ0n) is 16.5. The first-order valence-corrected chi connectivity index (χ1v) is 10.3. The van der Waals surface area contributed by atoms with Crippen LogP contribution in [0.5, 0.6) is 0 Å². The number of hydrogen-bond donors (Lipinski definition) is 0. The summed E-state index contributed by atoms with van der Waals surface area (Å²) in [6, 6.07) is 7.69. The molecule has 1 aromatic carbocycles. The molecule has 3 heterocycles. The summed E-state index contributed by atoms with van der Waals surface area (Å²) in [6.07, 6.45) is 9.78. The van der Waals surface area contributed by atoms with E-state index in [-0.39, 0.29) is 17.9 Å². The normalized spacial score (nSPS) is 15.1. The van der Waals surface area contributed by atoms with Gasteiger partial charge in [0.2, 0.25) is 0 Å².